The van der Waals surface area contributed by atoms with E-state index in [1.165, 1.54) is 0 Å². The Bertz CT molecular complexity index is 1040. The third-order valence-electron chi connectivity index (χ3n) is 3.67. The fraction of sp³-hybridized carbons (Fsp3) is 0.500. The fourth-order valence-electron chi connectivity index (χ4n) is 2.55. The number of ether oxygens (including phenoxy) is 1. The minimum atomic E-state index is -4.97. The van der Waals surface area contributed by atoms with Crippen LogP contribution in [0.2, 0.25) is 0 Å². The van der Waals surface area contributed by atoms with E-state index in [2.05, 4.69) is 35.6 Å². The molecule has 2 aromatic rings. The highest BCUT2D eigenvalue weighted by molar-refractivity contribution is 8.08. The van der Waals surface area contributed by atoms with Crippen molar-refractivity contribution in [3.63, 3.8) is 0 Å². The number of anilines is 1. The van der Waals surface area contributed by atoms with Gasteiger partial charge in [0, 0.05) is 0 Å². The summed E-state index contributed by atoms with van der Waals surface area (Å²) in [6, 6.07) is 0. The van der Waals surface area contributed by atoms with Crippen LogP contribution in [0.3, 0.4) is 0 Å². The molecule has 15 nitrogen and oxygen atoms in total. The summed E-state index contributed by atoms with van der Waals surface area (Å²) in [6.07, 6.45) is -4.65. The number of phosphoric ester groups is 1. The molecule has 28 heavy (non-hydrogen) atoms. The van der Waals surface area contributed by atoms with Gasteiger partial charge in [0.15, 0.2) is 17.4 Å². The zero-order valence-electron chi connectivity index (χ0n) is 13.6. The van der Waals surface area contributed by atoms with Crippen molar-refractivity contribution >= 4 is 43.5 Å². The van der Waals surface area contributed by atoms with Crippen LogP contribution in [-0.2, 0) is 29.9 Å². The number of nitrogens with one attached hydrogen (secondary N) is 1. The Kier molecular flexibility index (Phi) is 5.75. The standard InChI is InChI=1S/C10H15N5O10P2S/c11-10-13-7-4(8(18)14-10)12-2-15(7)9-6(17)5(16)3(24-9)1-23-26(19,20)25-27(21,22)28/h2-3,5-6,9,16-17H,1H2,(H,19,20)(H2,21,22,28)(H3,11,13,14,18)/t3-,5+,6+,9+/m1/s1. The molecule has 1 unspecified atom stereocenters. The first-order chi connectivity index (χ1) is 12.9. The summed E-state index contributed by atoms with van der Waals surface area (Å²) < 4.78 is 26.7. The van der Waals surface area contributed by atoms with Crippen molar-refractivity contribution in [2.45, 2.75) is 24.5 Å². The van der Waals surface area contributed by atoms with E-state index in [4.69, 9.17) is 20.3 Å². The molecule has 3 rings (SSSR count). The Morgan fingerprint density at radius 2 is 2.04 bits per heavy atom. The minimum Gasteiger partial charge on any atom is -0.387 e. The van der Waals surface area contributed by atoms with Gasteiger partial charge in [0.05, 0.1) is 12.9 Å². The van der Waals surface area contributed by atoms with Crippen molar-refractivity contribution in [1.29, 1.82) is 0 Å². The van der Waals surface area contributed by atoms with Gasteiger partial charge in [-0.15, -0.1) is 0 Å². The van der Waals surface area contributed by atoms with E-state index < -0.39 is 51.2 Å². The van der Waals surface area contributed by atoms with Gasteiger partial charge in [0.1, 0.15) is 18.3 Å². The van der Waals surface area contributed by atoms with Gasteiger partial charge in [0.25, 0.3) is 5.56 Å². The number of nitrogen functional groups attached to an aromatic ring is 1. The van der Waals surface area contributed by atoms with Crippen LogP contribution in [0, 0.1) is 0 Å². The first-order valence-corrected chi connectivity index (χ1v) is 11.5. The Morgan fingerprint density at radius 3 is 2.68 bits per heavy atom. The van der Waals surface area contributed by atoms with Gasteiger partial charge < -0.3 is 35.4 Å². The van der Waals surface area contributed by atoms with E-state index in [0.717, 1.165) is 10.9 Å². The van der Waals surface area contributed by atoms with Crippen LogP contribution in [0.4, 0.5) is 5.95 Å². The van der Waals surface area contributed by atoms with Crippen LogP contribution in [0.5, 0.6) is 0 Å². The van der Waals surface area contributed by atoms with Crippen LogP contribution in [-0.4, -0.2) is 69.3 Å². The normalized spacial score (nSPS) is 27.9. The molecular weight excluding hydrogens is 444 g/mol. The van der Waals surface area contributed by atoms with Crippen LogP contribution in [0.25, 0.3) is 11.2 Å². The Hall–Kier alpha value is -1.29. The molecule has 0 bridgehead atoms. The third kappa shape index (κ3) is 4.48. The van der Waals surface area contributed by atoms with Gasteiger partial charge in [0.2, 0.25) is 5.95 Å². The summed E-state index contributed by atoms with van der Waals surface area (Å²) in [7, 11) is -4.97. The number of hydrogen-bond acceptors (Lipinski definition) is 11. The molecule has 1 aliphatic heterocycles. The maximum Gasteiger partial charge on any atom is 0.479 e. The molecular formula is C10H15N5O10P2S. The van der Waals surface area contributed by atoms with Gasteiger partial charge in [-0.2, -0.15) is 4.98 Å². The summed E-state index contributed by atoms with van der Waals surface area (Å²) in [5.74, 6) is -0.214. The van der Waals surface area contributed by atoms with E-state index in [1.807, 2.05) is 0 Å². The number of rotatable bonds is 6. The van der Waals surface area contributed by atoms with Crippen molar-refractivity contribution in [3.8, 4) is 0 Å². The number of aliphatic hydroxyl groups excluding tert-OH is 2. The Labute approximate surface area is 160 Å². The first kappa shape index (κ1) is 21.4. The summed E-state index contributed by atoms with van der Waals surface area (Å²) >= 11 is 4.07. The highest BCUT2D eigenvalue weighted by Crippen LogP contribution is 2.58. The lowest BCUT2D eigenvalue weighted by Gasteiger charge is -2.18. The number of H-pyrrole nitrogens is 1. The molecule has 1 saturated heterocycles. The SMILES string of the molecule is Nc1nc2c(ncn2[C@H]2O[C@H](COP(=O)(O)OP(O)(O)=S)[C@H](O)[C@@H]2O)c(=O)[nH]1. The van der Waals surface area contributed by atoms with E-state index in [9.17, 15) is 24.5 Å². The zero-order valence-corrected chi connectivity index (χ0v) is 16.2. The number of fused-ring (bicyclic) bond motifs is 1. The molecule has 0 amide bonds. The number of aromatic nitrogens is 4. The van der Waals surface area contributed by atoms with Crippen molar-refractivity contribution in [3.05, 3.63) is 16.7 Å². The monoisotopic (exact) mass is 459 g/mol. The van der Waals surface area contributed by atoms with Crippen molar-refractivity contribution < 1.29 is 43.0 Å². The van der Waals surface area contributed by atoms with Gasteiger partial charge in [-0.3, -0.25) is 18.9 Å². The molecule has 1 fully saturated rings. The maximum atomic E-state index is 11.8. The van der Waals surface area contributed by atoms with Gasteiger partial charge in [-0.25, -0.2) is 13.9 Å². The van der Waals surface area contributed by atoms with Gasteiger partial charge in [-0.05, 0) is 11.8 Å². The first-order valence-electron chi connectivity index (χ1n) is 7.36. The number of phosphoric acid groups is 1. The largest absolute Gasteiger partial charge is 0.479 e. The third-order valence-corrected chi connectivity index (χ3v) is 6.43. The number of nitrogens with two attached hydrogens (primary N) is 1. The Balaban J connectivity index is 1.79. The molecule has 0 spiro atoms. The lowest BCUT2D eigenvalue weighted by molar-refractivity contribution is -0.0502. The molecule has 3 heterocycles. The summed E-state index contributed by atoms with van der Waals surface area (Å²) in [4.78, 5) is 49.0. The predicted molar refractivity (Wildman–Crippen MR) is 94.1 cm³/mol. The minimum absolute atomic E-state index is 0.0310. The number of hydrogen-bond donors (Lipinski definition) is 7. The average molecular weight is 459 g/mol. The van der Waals surface area contributed by atoms with E-state index in [-0.39, 0.29) is 17.1 Å². The number of aliphatic hydroxyl groups is 2. The predicted octanol–water partition coefficient (Wildman–Crippen LogP) is -2.34. The lowest BCUT2D eigenvalue weighted by Crippen LogP contribution is -2.33. The molecule has 0 aliphatic carbocycles. The van der Waals surface area contributed by atoms with E-state index >= 15 is 0 Å². The van der Waals surface area contributed by atoms with Gasteiger partial charge >= 0.3 is 14.5 Å². The highest BCUT2D eigenvalue weighted by atomic mass is 32.5. The lowest BCUT2D eigenvalue weighted by atomic mass is 10.1. The molecule has 5 atom stereocenters. The second-order valence-corrected chi connectivity index (χ2v) is 9.91. The summed E-state index contributed by atoms with van der Waals surface area (Å²) in [5.41, 5.74) is 4.73. The van der Waals surface area contributed by atoms with E-state index in [1.54, 1.807) is 0 Å². The second kappa shape index (κ2) is 7.51. The van der Waals surface area contributed by atoms with Crippen LogP contribution in [0.15, 0.2) is 11.1 Å². The molecule has 1 aliphatic rings. The zero-order chi connectivity index (χ0) is 20.9. The maximum absolute atomic E-state index is 11.8. The topological polar surface area (TPSA) is 235 Å². The molecule has 2 aromatic heterocycles. The summed E-state index contributed by atoms with van der Waals surface area (Å²) in [6.45, 7) is -5.26. The van der Waals surface area contributed by atoms with E-state index in [0.29, 0.717) is 0 Å². The van der Waals surface area contributed by atoms with Crippen LogP contribution >= 0.6 is 14.5 Å². The fourth-order valence-corrected chi connectivity index (χ4v) is 4.91. The molecule has 156 valence electrons. The quantitative estimate of drug-likeness (QED) is 0.224. The molecule has 18 heteroatoms. The molecule has 0 saturated carbocycles. The molecule has 0 radical (unpaired) electrons. The smallest absolute Gasteiger partial charge is 0.387 e. The van der Waals surface area contributed by atoms with Crippen LogP contribution in [0.1, 0.15) is 6.23 Å². The Morgan fingerprint density at radius 1 is 1.36 bits per heavy atom. The molecule has 8 N–H and O–H groups in total. The van der Waals surface area contributed by atoms with Crippen molar-refractivity contribution in [1.82, 2.24) is 19.5 Å². The number of imidazole rings is 1. The van der Waals surface area contributed by atoms with Gasteiger partial charge in [-0.1, -0.05) is 0 Å². The number of nitrogens with zero attached hydrogens (tertiary/aromatic N) is 3. The highest BCUT2D eigenvalue weighted by Gasteiger charge is 2.45. The molecule has 0 aromatic carbocycles. The number of aromatic amines is 1. The van der Waals surface area contributed by atoms with Crippen molar-refractivity contribution in [2.75, 3.05) is 12.3 Å². The van der Waals surface area contributed by atoms with Crippen molar-refractivity contribution in [2.24, 2.45) is 0 Å². The average Bonchev–Trinajstić information content (AvgIpc) is 3.06. The second-order valence-electron chi connectivity index (χ2n) is 5.66. The van der Waals surface area contributed by atoms with Crippen LogP contribution < -0.4 is 11.3 Å². The summed E-state index contributed by atoms with van der Waals surface area (Å²) in [5, 5.41) is 20.3.